The van der Waals surface area contributed by atoms with Gasteiger partial charge in [0.05, 0.1) is 39.7 Å². The first-order chi connectivity index (χ1) is 19.7. The molecule has 214 valence electrons. The predicted molar refractivity (Wildman–Crippen MR) is 150 cm³/mol. The van der Waals surface area contributed by atoms with Crippen LogP contribution in [0.5, 0.6) is 0 Å². The maximum Gasteiger partial charge on any atom is 0.225 e. The van der Waals surface area contributed by atoms with Crippen molar-refractivity contribution in [2.75, 3.05) is 17.7 Å². The molecule has 3 heterocycles. The highest BCUT2D eigenvalue weighted by molar-refractivity contribution is 7.21. The Bertz CT molecular complexity index is 1610. The van der Waals surface area contributed by atoms with Gasteiger partial charge in [-0.3, -0.25) is 9.78 Å². The second kappa shape index (κ2) is 10.9. The summed E-state index contributed by atoms with van der Waals surface area (Å²) in [7, 11) is 1.47. The first-order valence-corrected chi connectivity index (χ1v) is 14.2. The number of benzene rings is 1. The number of amides is 1. The monoisotopic (exact) mass is 581 g/mol. The molecule has 0 aliphatic heterocycles. The van der Waals surface area contributed by atoms with Crippen LogP contribution in [0.2, 0.25) is 0 Å². The molecular weight excluding hydrogens is 552 g/mol. The van der Waals surface area contributed by atoms with Gasteiger partial charge in [-0.15, -0.1) is 11.3 Å². The van der Waals surface area contributed by atoms with Crippen LogP contribution in [-0.2, 0) is 11.3 Å². The van der Waals surface area contributed by atoms with Gasteiger partial charge in [0.15, 0.2) is 0 Å². The number of nitrogens with one attached hydrogen (secondary N) is 3. The number of halogens is 2. The summed E-state index contributed by atoms with van der Waals surface area (Å²) in [6.07, 6.45) is 1.57. The van der Waals surface area contributed by atoms with Gasteiger partial charge in [-0.1, -0.05) is 6.07 Å². The van der Waals surface area contributed by atoms with Crippen LogP contribution in [0.1, 0.15) is 42.1 Å². The van der Waals surface area contributed by atoms with Gasteiger partial charge in [0.25, 0.3) is 0 Å². The maximum absolute atomic E-state index is 14.2. The highest BCUT2D eigenvalue weighted by Gasteiger charge is 2.45. The number of aliphatic hydroxyl groups is 2. The summed E-state index contributed by atoms with van der Waals surface area (Å²) < 4.78 is 29.5. The quantitative estimate of drug-likeness (QED) is 0.211. The third-order valence-corrected chi connectivity index (χ3v) is 8.71. The Morgan fingerprint density at radius 1 is 1.10 bits per heavy atom. The summed E-state index contributed by atoms with van der Waals surface area (Å²) in [6.45, 7) is 1.58. The third kappa shape index (κ3) is 5.20. The minimum absolute atomic E-state index is 0.105. The summed E-state index contributed by atoms with van der Waals surface area (Å²) in [4.78, 5) is 31.0. The fraction of sp³-hybridized carbons (Fsp3) is 0.393. The minimum Gasteiger partial charge on any atom is -0.390 e. The number of carbonyl (C=O) groups excluding carboxylic acids is 1. The molecular formula is C28H29F2N7O3S. The first kappa shape index (κ1) is 27.4. The summed E-state index contributed by atoms with van der Waals surface area (Å²) in [5.41, 5.74) is 2.76. The topological polar surface area (TPSA) is 145 Å². The Kier molecular flexibility index (Phi) is 7.26. The van der Waals surface area contributed by atoms with E-state index in [2.05, 4.69) is 30.9 Å². The van der Waals surface area contributed by atoms with E-state index in [0.29, 0.717) is 28.0 Å². The average molecular weight is 582 g/mol. The van der Waals surface area contributed by atoms with E-state index in [-0.39, 0.29) is 30.4 Å². The lowest BCUT2D eigenvalue weighted by molar-refractivity contribution is -0.128. The molecule has 0 unspecified atom stereocenters. The molecule has 0 bridgehead atoms. The van der Waals surface area contributed by atoms with Crippen molar-refractivity contribution in [3.8, 4) is 10.6 Å². The molecule has 3 aromatic heterocycles. The van der Waals surface area contributed by atoms with Crippen molar-refractivity contribution >= 4 is 39.2 Å². The molecule has 13 heteroatoms. The lowest BCUT2D eigenvalue weighted by Gasteiger charge is -2.21. The number of carbonyl (C=O) groups is 1. The van der Waals surface area contributed by atoms with Crippen molar-refractivity contribution in [3.05, 3.63) is 59.0 Å². The number of pyridine rings is 1. The number of anilines is 2. The standard InChI is InChI=1S/C28H29F2N7O3S/c1-12-20(27-36-22-19(41-27)8-9-32-21(22)13-6-7-13)25(35-18-10-14(26(40)31-2)23(38)24(18)39)37-28(34-12)33-11-15-16(29)4-3-5-17(15)30/h3-5,8-9,13-14,18,23-24,38-39H,6-7,10-11H2,1-2H3,(H,31,40)(H2,33,34,35,37)/t14-,18+,23+,24-/m0/s1. The first-order valence-electron chi connectivity index (χ1n) is 13.4. The number of fused-ring (bicyclic) bond motifs is 1. The van der Waals surface area contributed by atoms with Gasteiger partial charge >= 0.3 is 0 Å². The zero-order valence-corrected chi connectivity index (χ0v) is 23.2. The van der Waals surface area contributed by atoms with Crippen molar-refractivity contribution in [1.29, 1.82) is 0 Å². The van der Waals surface area contributed by atoms with Gasteiger partial charge in [0.1, 0.15) is 34.1 Å². The fourth-order valence-electron chi connectivity index (χ4n) is 5.31. The van der Waals surface area contributed by atoms with Gasteiger partial charge in [0.2, 0.25) is 11.9 Å². The summed E-state index contributed by atoms with van der Waals surface area (Å²) in [5, 5.41) is 30.6. The van der Waals surface area contributed by atoms with Gasteiger partial charge in [-0.2, -0.15) is 4.98 Å². The van der Waals surface area contributed by atoms with Crippen LogP contribution in [0.15, 0.2) is 30.5 Å². The number of thiazole rings is 1. The number of hydrogen-bond donors (Lipinski definition) is 5. The SMILES string of the molecule is CNC(=O)[C@H]1C[C@@H](Nc2nc(NCc3c(F)cccc3F)nc(C)c2-c2nc3c(C4CC4)nccc3s2)[C@H](O)[C@@H]1O. The molecule has 6 rings (SSSR count). The Morgan fingerprint density at radius 3 is 2.56 bits per heavy atom. The number of aromatic nitrogens is 4. The molecule has 5 N–H and O–H groups in total. The summed E-state index contributed by atoms with van der Waals surface area (Å²) in [6, 6.07) is 4.85. The lowest BCUT2D eigenvalue weighted by Crippen LogP contribution is -2.38. The van der Waals surface area contributed by atoms with E-state index in [1.165, 1.54) is 36.6 Å². The van der Waals surface area contributed by atoms with Crippen molar-refractivity contribution in [2.45, 2.75) is 56.9 Å². The molecule has 1 aromatic carbocycles. The third-order valence-electron chi connectivity index (χ3n) is 7.68. The molecule has 1 amide bonds. The second-order valence-electron chi connectivity index (χ2n) is 10.4. The Morgan fingerprint density at radius 2 is 1.85 bits per heavy atom. The Labute approximate surface area is 238 Å². The van der Waals surface area contributed by atoms with Gasteiger partial charge < -0.3 is 26.2 Å². The van der Waals surface area contributed by atoms with E-state index in [4.69, 9.17) is 4.98 Å². The van der Waals surface area contributed by atoms with E-state index < -0.39 is 35.8 Å². The second-order valence-corrected chi connectivity index (χ2v) is 11.5. The highest BCUT2D eigenvalue weighted by atomic mass is 32.1. The largest absolute Gasteiger partial charge is 0.390 e. The summed E-state index contributed by atoms with van der Waals surface area (Å²) >= 11 is 1.46. The van der Waals surface area contributed by atoms with E-state index in [1.54, 1.807) is 13.1 Å². The fourth-order valence-corrected chi connectivity index (χ4v) is 6.38. The van der Waals surface area contributed by atoms with Crippen LogP contribution >= 0.6 is 11.3 Å². The number of hydrogen-bond acceptors (Lipinski definition) is 10. The van der Waals surface area contributed by atoms with E-state index in [0.717, 1.165) is 28.8 Å². The molecule has 4 atom stereocenters. The number of aliphatic hydroxyl groups excluding tert-OH is 2. The molecule has 10 nitrogen and oxygen atoms in total. The molecule has 2 saturated carbocycles. The van der Waals surface area contributed by atoms with Crippen LogP contribution in [0.4, 0.5) is 20.5 Å². The molecule has 2 fully saturated rings. The van der Waals surface area contributed by atoms with Crippen LogP contribution in [0.3, 0.4) is 0 Å². The zero-order valence-electron chi connectivity index (χ0n) is 22.4. The highest BCUT2D eigenvalue weighted by Crippen LogP contribution is 2.44. The summed E-state index contributed by atoms with van der Waals surface area (Å²) in [5.74, 6) is -1.76. The van der Waals surface area contributed by atoms with Crippen LogP contribution in [-0.4, -0.2) is 61.4 Å². The molecule has 2 aliphatic rings. The van der Waals surface area contributed by atoms with Crippen LogP contribution in [0.25, 0.3) is 20.8 Å². The zero-order chi connectivity index (χ0) is 28.8. The molecule has 4 aromatic rings. The maximum atomic E-state index is 14.2. The molecule has 0 spiro atoms. The minimum atomic E-state index is -1.27. The average Bonchev–Trinajstić information content (AvgIpc) is 3.65. The van der Waals surface area contributed by atoms with Gasteiger partial charge in [0, 0.05) is 31.3 Å². The van der Waals surface area contributed by atoms with Gasteiger partial charge in [-0.25, -0.2) is 18.7 Å². The smallest absolute Gasteiger partial charge is 0.225 e. The van der Waals surface area contributed by atoms with Crippen LogP contribution < -0.4 is 16.0 Å². The van der Waals surface area contributed by atoms with E-state index in [9.17, 15) is 23.8 Å². The predicted octanol–water partition coefficient (Wildman–Crippen LogP) is 3.49. The molecule has 41 heavy (non-hydrogen) atoms. The van der Waals surface area contributed by atoms with E-state index >= 15 is 0 Å². The molecule has 0 saturated heterocycles. The Balaban J connectivity index is 1.39. The number of aryl methyl sites for hydroxylation is 1. The lowest BCUT2D eigenvalue weighted by atomic mass is 10.1. The van der Waals surface area contributed by atoms with Crippen molar-refractivity contribution in [1.82, 2.24) is 25.3 Å². The molecule has 0 radical (unpaired) electrons. The van der Waals surface area contributed by atoms with Crippen molar-refractivity contribution in [3.63, 3.8) is 0 Å². The van der Waals surface area contributed by atoms with Crippen molar-refractivity contribution < 1.29 is 23.8 Å². The van der Waals surface area contributed by atoms with Crippen molar-refractivity contribution in [2.24, 2.45) is 5.92 Å². The van der Waals surface area contributed by atoms with Gasteiger partial charge in [-0.05, 0) is 44.4 Å². The normalized spacial score (nSPS) is 22.2. The van der Waals surface area contributed by atoms with Crippen LogP contribution in [0, 0.1) is 24.5 Å². The number of nitrogens with zero attached hydrogens (tertiary/aromatic N) is 4. The number of rotatable bonds is 8. The molecule has 2 aliphatic carbocycles. The Hall–Kier alpha value is -3.81. The van der Waals surface area contributed by atoms with E-state index in [1.807, 2.05) is 6.07 Å².